The Kier molecular flexibility index (Phi) is 7.05. The summed E-state index contributed by atoms with van der Waals surface area (Å²) in [5.74, 6) is 0.635. The summed E-state index contributed by atoms with van der Waals surface area (Å²) in [7, 11) is 0. The van der Waals surface area contributed by atoms with E-state index in [9.17, 15) is 5.26 Å². The molecule has 5 aromatic carbocycles. The monoisotopic (exact) mass is 543 g/mol. The van der Waals surface area contributed by atoms with E-state index >= 15 is 0 Å². The molecule has 0 saturated carbocycles. The molecule has 5 aromatic rings. The topological polar surface area (TPSA) is 40.6 Å². The molecule has 0 unspecified atom stereocenters. The summed E-state index contributed by atoms with van der Waals surface area (Å²) in [5.41, 5.74) is 4.59. The molecule has 42 heavy (non-hydrogen) atoms. The molecule has 202 valence electrons. The molecule has 4 heteroatoms. The Labute approximate surface area is 246 Å². The van der Waals surface area contributed by atoms with Gasteiger partial charge in [0.1, 0.15) is 11.4 Å². The van der Waals surface area contributed by atoms with Gasteiger partial charge in [-0.15, -0.1) is 0 Å². The number of fused-ring (bicyclic) bond motifs is 2. The van der Waals surface area contributed by atoms with Gasteiger partial charge in [-0.3, -0.25) is 0 Å². The van der Waals surface area contributed by atoms with Crippen molar-refractivity contribution in [3.05, 3.63) is 155 Å². The van der Waals surface area contributed by atoms with Crippen LogP contribution in [-0.2, 0) is 4.74 Å². The second kappa shape index (κ2) is 11.1. The summed E-state index contributed by atoms with van der Waals surface area (Å²) in [6, 6.07) is 40.4. The molecule has 4 nitrogen and oxygen atoms in total. The van der Waals surface area contributed by atoms with Gasteiger partial charge >= 0.3 is 0 Å². The van der Waals surface area contributed by atoms with Crippen molar-refractivity contribution in [1.29, 1.82) is 5.26 Å². The van der Waals surface area contributed by atoms with Crippen molar-refractivity contribution >= 4 is 44.7 Å². The fraction of sp³-hybridized carbons (Fsp3) is 0.105. The summed E-state index contributed by atoms with van der Waals surface area (Å²) >= 11 is 0. The highest BCUT2D eigenvalue weighted by Gasteiger charge is 2.27. The SMILES string of the molecule is [C-]#[N+]/C(C#N)=C1C=C(/C=C/c2ccc(N(c3ccc4ccccc4c3)c3cccc4ccccc34)cc2)OC(C)(C)C\1. The van der Waals surface area contributed by atoms with Crippen LogP contribution in [0.25, 0.3) is 32.5 Å². The number of anilines is 3. The first-order valence-corrected chi connectivity index (χ1v) is 13.9. The number of nitriles is 1. The van der Waals surface area contributed by atoms with E-state index in [4.69, 9.17) is 11.3 Å². The highest BCUT2D eigenvalue weighted by atomic mass is 16.5. The number of ether oxygens (including phenoxy) is 1. The van der Waals surface area contributed by atoms with Crippen LogP contribution in [0.4, 0.5) is 17.1 Å². The lowest BCUT2D eigenvalue weighted by molar-refractivity contribution is 0.0356. The largest absolute Gasteiger partial charge is 0.488 e. The zero-order valence-electron chi connectivity index (χ0n) is 23.6. The number of hydrogen-bond acceptors (Lipinski definition) is 3. The molecular formula is C38H29N3O. The molecule has 0 N–H and O–H groups in total. The summed E-state index contributed by atoms with van der Waals surface area (Å²) in [6.07, 6.45) is 6.22. The molecule has 1 aliphatic rings. The predicted molar refractivity (Wildman–Crippen MR) is 172 cm³/mol. The molecule has 6 rings (SSSR count). The third kappa shape index (κ3) is 5.39. The minimum absolute atomic E-state index is 0.115. The molecule has 0 atom stereocenters. The summed E-state index contributed by atoms with van der Waals surface area (Å²) in [4.78, 5) is 5.71. The lowest BCUT2D eigenvalue weighted by Crippen LogP contribution is -2.27. The maximum atomic E-state index is 9.37. The summed E-state index contributed by atoms with van der Waals surface area (Å²) in [6.45, 7) is 11.3. The molecule has 0 radical (unpaired) electrons. The quantitative estimate of drug-likeness (QED) is 0.164. The molecule has 0 bridgehead atoms. The molecule has 1 heterocycles. The normalized spacial score (nSPS) is 15.5. The number of benzene rings is 5. The van der Waals surface area contributed by atoms with Crippen molar-refractivity contribution < 1.29 is 4.74 Å². The Balaban J connectivity index is 1.39. The van der Waals surface area contributed by atoms with Crippen LogP contribution < -0.4 is 4.90 Å². The van der Waals surface area contributed by atoms with E-state index in [0.29, 0.717) is 17.8 Å². The first-order chi connectivity index (χ1) is 20.4. The van der Waals surface area contributed by atoms with E-state index in [1.54, 1.807) is 6.08 Å². The smallest absolute Gasteiger partial charge is 0.265 e. The van der Waals surface area contributed by atoms with Crippen LogP contribution >= 0.6 is 0 Å². The molecule has 0 spiro atoms. The van der Waals surface area contributed by atoms with Crippen LogP contribution in [0.3, 0.4) is 0 Å². The maximum absolute atomic E-state index is 9.37. The minimum Gasteiger partial charge on any atom is -0.488 e. The van der Waals surface area contributed by atoms with Crippen molar-refractivity contribution in [2.45, 2.75) is 25.9 Å². The lowest BCUT2D eigenvalue weighted by atomic mass is 9.93. The van der Waals surface area contributed by atoms with Gasteiger partial charge in [-0.25, -0.2) is 10.1 Å². The number of hydrogen-bond donors (Lipinski definition) is 0. The predicted octanol–water partition coefficient (Wildman–Crippen LogP) is 10.3. The van der Waals surface area contributed by atoms with Crippen molar-refractivity contribution in [3.8, 4) is 6.07 Å². The molecule has 0 fully saturated rings. The fourth-order valence-corrected chi connectivity index (χ4v) is 5.53. The van der Waals surface area contributed by atoms with Crippen LogP contribution in [0, 0.1) is 17.9 Å². The Morgan fingerprint density at radius 2 is 1.52 bits per heavy atom. The van der Waals surface area contributed by atoms with Gasteiger partial charge in [0.25, 0.3) is 5.70 Å². The van der Waals surface area contributed by atoms with Gasteiger partial charge in [0.05, 0.1) is 18.3 Å². The number of nitrogens with zero attached hydrogens (tertiary/aromatic N) is 3. The molecule has 0 amide bonds. The zero-order chi connectivity index (χ0) is 29.1. The third-order valence-electron chi connectivity index (χ3n) is 7.44. The van der Waals surface area contributed by atoms with E-state index in [0.717, 1.165) is 22.6 Å². The van der Waals surface area contributed by atoms with Crippen LogP contribution in [0.5, 0.6) is 0 Å². The van der Waals surface area contributed by atoms with E-state index in [-0.39, 0.29) is 5.70 Å². The highest BCUT2D eigenvalue weighted by Crippen LogP contribution is 2.40. The molecule has 0 aliphatic carbocycles. The Bertz CT molecular complexity index is 1960. The average molecular weight is 544 g/mol. The second-order valence-corrected chi connectivity index (χ2v) is 11.0. The first kappa shape index (κ1) is 26.6. The molecule has 0 aromatic heterocycles. The molecule has 1 aliphatic heterocycles. The van der Waals surface area contributed by atoms with Crippen LogP contribution in [0.15, 0.2) is 138 Å². The Morgan fingerprint density at radius 3 is 2.29 bits per heavy atom. The van der Waals surface area contributed by atoms with Crippen molar-refractivity contribution in [2.75, 3.05) is 4.90 Å². The van der Waals surface area contributed by atoms with Crippen molar-refractivity contribution in [2.24, 2.45) is 0 Å². The lowest BCUT2D eigenvalue weighted by Gasteiger charge is -2.32. The average Bonchev–Trinajstić information content (AvgIpc) is 3.01. The Morgan fingerprint density at radius 1 is 0.833 bits per heavy atom. The van der Waals surface area contributed by atoms with Gasteiger partial charge < -0.3 is 9.64 Å². The van der Waals surface area contributed by atoms with Gasteiger partial charge in [-0.1, -0.05) is 84.9 Å². The second-order valence-electron chi connectivity index (χ2n) is 11.0. The van der Waals surface area contributed by atoms with Crippen molar-refractivity contribution in [3.63, 3.8) is 0 Å². The summed E-state index contributed by atoms with van der Waals surface area (Å²) in [5, 5.41) is 14.1. The van der Waals surface area contributed by atoms with Crippen LogP contribution in [0.1, 0.15) is 25.8 Å². The highest BCUT2D eigenvalue weighted by molar-refractivity contribution is 6.00. The standard InChI is InChI=1S/C38H29N3O/c1-38(2)25-31(36(26-39)40-3)24-34(42-38)22-17-27-15-19-32(20-16-27)41(33-21-18-28-9-4-5-11-30(28)23-33)37-14-8-12-29-10-6-7-13-35(29)37/h4-24H,25H2,1-2H3/b22-17+,36-31+. The molecular weight excluding hydrogens is 514 g/mol. The fourth-order valence-electron chi connectivity index (χ4n) is 5.53. The first-order valence-electron chi connectivity index (χ1n) is 13.9. The van der Waals surface area contributed by atoms with Gasteiger partial charge in [0.2, 0.25) is 0 Å². The maximum Gasteiger partial charge on any atom is 0.265 e. The van der Waals surface area contributed by atoms with E-state index in [1.165, 1.54) is 21.5 Å². The van der Waals surface area contributed by atoms with Gasteiger partial charge in [0.15, 0.2) is 0 Å². The Hall–Kier alpha value is -5.58. The zero-order valence-corrected chi connectivity index (χ0v) is 23.6. The molecule has 0 saturated heterocycles. The van der Waals surface area contributed by atoms with Gasteiger partial charge in [-0.05, 0) is 83.6 Å². The van der Waals surface area contributed by atoms with Gasteiger partial charge in [-0.2, -0.15) is 0 Å². The van der Waals surface area contributed by atoms with Gasteiger partial charge in [0, 0.05) is 23.2 Å². The van der Waals surface area contributed by atoms with Crippen LogP contribution in [-0.4, -0.2) is 5.60 Å². The summed E-state index contributed by atoms with van der Waals surface area (Å²) < 4.78 is 6.14. The van der Waals surface area contributed by atoms with E-state index in [2.05, 4.69) is 119 Å². The number of rotatable bonds is 5. The third-order valence-corrected chi connectivity index (χ3v) is 7.44. The van der Waals surface area contributed by atoms with E-state index in [1.807, 2.05) is 32.1 Å². The van der Waals surface area contributed by atoms with Crippen LogP contribution in [0.2, 0.25) is 0 Å². The minimum atomic E-state index is -0.501. The van der Waals surface area contributed by atoms with E-state index < -0.39 is 5.60 Å². The number of allylic oxidation sites excluding steroid dienone is 3. The van der Waals surface area contributed by atoms with Crippen molar-refractivity contribution in [1.82, 2.24) is 0 Å².